The molecule has 0 radical (unpaired) electrons. The molecule has 1 unspecified atom stereocenters. The Morgan fingerprint density at radius 1 is 1.00 bits per heavy atom. The van der Waals surface area contributed by atoms with Crippen LogP contribution in [0.5, 0.6) is 0 Å². The standard InChI is InChI=1S/C29H25F2N5O/c1-35-28-13-27(31)25(9-19(28)15-34-35)23-7-4-17(8-24(23)16-2-3-18(14-32)26(30)10-16)29(37)36-21-5-6-22(36)12-20(33)11-21/h2-4,7-10,13,15,20-22H,5-6,11-12,33H2,1H3/t20?,21-,22+. The first-order valence-corrected chi connectivity index (χ1v) is 12.4. The minimum absolute atomic E-state index is 0.0817. The van der Waals surface area contributed by atoms with E-state index in [1.807, 2.05) is 11.0 Å². The second kappa shape index (κ2) is 8.79. The van der Waals surface area contributed by atoms with Crippen LogP contribution < -0.4 is 5.73 Å². The third-order valence-electron chi connectivity index (χ3n) is 7.80. The summed E-state index contributed by atoms with van der Waals surface area (Å²) in [5, 5.41) is 14.1. The molecule has 2 fully saturated rings. The highest BCUT2D eigenvalue weighted by Crippen LogP contribution is 2.39. The fourth-order valence-electron chi connectivity index (χ4n) is 6.00. The van der Waals surface area contributed by atoms with Crippen molar-refractivity contribution in [3.63, 3.8) is 0 Å². The zero-order valence-corrected chi connectivity index (χ0v) is 20.3. The van der Waals surface area contributed by atoms with Gasteiger partial charge in [-0.25, -0.2) is 8.78 Å². The highest BCUT2D eigenvalue weighted by Gasteiger charge is 2.42. The number of nitriles is 1. The number of piperidine rings is 1. The van der Waals surface area contributed by atoms with E-state index in [-0.39, 0.29) is 29.6 Å². The minimum Gasteiger partial charge on any atom is -0.333 e. The lowest BCUT2D eigenvalue weighted by atomic mass is 9.90. The lowest BCUT2D eigenvalue weighted by Crippen LogP contribution is -2.50. The largest absolute Gasteiger partial charge is 0.333 e. The first-order valence-electron chi connectivity index (χ1n) is 12.4. The predicted molar refractivity (Wildman–Crippen MR) is 136 cm³/mol. The Hall–Kier alpha value is -4.09. The number of nitrogens with zero attached hydrogens (tertiary/aromatic N) is 4. The van der Waals surface area contributed by atoms with E-state index < -0.39 is 11.6 Å². The monoisotopic (exact) mass is 497 g/mol. The van der Waals surface area contributed by atoms with E-state index in [0.29, 0.717) is 33.3 Å². The van der Waals surface area contributed by atoms with Crippen LogP contribution in [0.15, 0.2) is 54.7 Å². The van der Waals surface area contributed by atoms with Crippen LogP contribution in [0.4, 0.5) is 8.78 Å². The number of nitrogens with two attached hydrogens (primary N) is 1. The number of halogens is 2. The molecule has 6 rings (SSSR count). The molecule has 186 valence electrons. The lowest BCUT2D eigenvalue weighted by Gasteiger charge is -2.38. The van der Waals surface area contributed by atoms with E-state index in [2.05, 4.69) is 5.10 Å². The van der Waals surface area contributed by atoms with Gasteiger partial charge in [0.2, 0.25) is 0 Å². The maximum Gasteiger partial charge on any atom is 0.254 e. The number of benzene rings is 3. The zero-order chi connectivity index (χ0) is 25.8. The molecule has 8 heteroatoms. The van der Waals surface area contributed by atoms with Crippen molar-refractivity contribution in [2.75, 3.05) is 0 Å². The van der Waals surface area contributed by atoms with Crippen molar-refractivity contribution in [1.29, 1.82) is 5.26 Å². The Labute approximate surface area is 212 Å². The van der Waals surface area contributed by atoms with E-state index in [1.54, 1.807) is 48.3 Å². The molecule has 2 saturated heterocycles. The van der Waals surface area contributed by atoms with Gasteiger partial charge in [0, 0.05) is 47.8 Å². The van der Waals surface area contributed by atoms with Crippen molar-refractivity contribution in [3.05, 3.63) is 77.5 Å². The van der Waals surface area contributed by atoms with Gasteiger partial charge in [-0.2, -0.15) is 10.4 Å². The van der Waals surface area contributed by atoms with Crippen LogP contribution >= 0.6 is 0 Å². The Bertz CT molecular complexity index is 1590. The van der Waals surface area contributed by atoms with Gasteiger partial charge in [-0.1, -0.05) is 12.1 Å². The highest BCUT2D eigenvalue weighted by molar-refractivity contribution is 5.99. The average Bonchev–Trinajstić information content (AvgIpc) is 3.38. The molecule has 2 bridgehead atoms. The first-order chi connectivity index (χ1) is 17.8. The van der Waals surface area contributed by atoms with Gasteiger partial charge in [-0.15, -0.1) is 0 Å². The summed E-state index contributed by atoms with van der Waals surface area (Å²) in [5.74, 6) is -1.22. The van der Waals surface area contributed by atoms with Crippen molar-refractivity contribution >= 4 is 16.8 Å². The molecule has 6 nitrogen and oxygen atoms in total. The van der Waals surface area contributed by atoms with Gasteiger partial charge in [0.15, 0.2) is 0 Å². The molecule has 2 N–H and O–H groups in total. The molecule has 3 atom stereocenters. The molecule has 3 aromatic carbocycles. The van der Waals surface area contributed by atoms with E-state index in [4.69, 9.17) is 5.73 Å². The number of aryl methyl sites for hydroxylation is 1. The zero-order valence-electron chi connectivity index (χ0n) is 20.3. The number of carbonyl (C=O) groups excluding carboxylic acids is 1. The third-order valence-corrected chi connectivity index (χ3v) is 7.80. The van der Waals surface area contributed by atoms with Crippen LogP contribution in [-0.4, -0.2) is 38.7 Å². The Kier molecular flexibility index (Phi) is 5.54. The predicted octanol–water partition coefficient (Wildman–Crippen LogP) is 5.15. The van der Waals surface area contributed by atoms with Gasteiger partial charge in [-0.3, -0.25) is 9.48 Å². The topological polar surface area (TPSA) is 87.9 Å². The number of fused-ring (bicyclic) bond motifs is 3. The van der Waals surface area contributed by atoms with Crippen molar-refractivity contribution in [2.45, 2.75) is 43.8 Å². The van der Waals surface area contributed by atoms with Gasteiger partial charge in [0.05, 0.1) is 17.3 Å². The molecule has 3 heterocycles. The van der Waals surface area contributed by atoms with E-state index in [0.717, 1.165) is 31.1 Å². The van der Waals surface area contributed by atoms with E-state index in [1.165, 1.54) is 18.2 Å². The molecule has 2 aliphatic rings. The fourth-order valence-corrected chi connectivity index (χ4v) is 6.00. The number of rotatable bonds is 3. The highest BCUT2D eigenvalue weighted by atomic mass is 19.1. The van der Waals surface area contributed by atoms with Crippen LogP contribution in [0.2, 0.25) is 0 Å². The molecule has 37 heavy (non-hydrogen) atoms. The molecule has 0 spiro atoms. The normalized spacial score (nSPS) is 20.8. The SMILES string of the molecule is Cn1ncc2cc(-c3ccc(C(=O)N4[C@@H]5CC[C@H]4CC(N)C5)cc3-c3ccc(C#N)c(F)c3)c(F)cc21. The summed E-state index contributed by atoms with van der Waals surface area (Å²) in [5.41, 5.74) is 9.03. The summed E-state index contributed by atoms with van der Waals surface area (Å²) in [7, 11) is 1.74. The van der Waals surface area contributed by atoms with Crippen LogP contribution in [0, 0.1) is 23.0 Å². The van der Waals surface area contributed by atoms with Gasteiger partial charge in [-0.05, 0) is 72.7 Å². The maximum atomic E-state index is 15.4. The van der Waals surface area contributed by atoms with Gasteiger partial charge >= 0.3 is 0 Å². The van der Waals surface area contributed by atoms with Gasteiger partial charge in [0.1, 0.15) is 17.7 Å². The fraction of sp³-hybridized carbons (Fsp3) is 0.276. The quantitative estimate of drug-likeness (QED) is 0.424. The summed E-state index contributed by atoms with van der Waals surface area (Å²) >= 11 is 0. The molecule has 2 aliphatic heterocycles. The van der Waals surface area contributed by atoms with Gasteiger partial charge in [0.25, 0.3) is 5.91 Å². The molecule has 4 aromatic rings. The van der Waals surface area contributed by atoms with Crippen molar-refractivity contribution < 1.29 is 13.6 Å². The maximum absolute atomic E-state index is 15.4. The van der Waals surface area contributed by atoms with Crippen molar-refractivity contribution in [2.24, 2.45) is 12.8 Å². The van der Waals surface area contributed by atoms with Crippen molar-refractivity contribution in [3.8, 4) is 28.3 Å². The van der Waals surface area contributed by atoms with E-state index in [9.17, 15) is 14.4 Å². The summed E-state index contributed by atoms with van der Waals surface area (Å²) < 4.78 is 31.7. The lowest BCUT2D eigenvalue weighted by molar-refractivity contribution is 0.0575. The number of amides is 1. The number of carbonyl (C=O) groups is 1. The molecular weight excluding hydrogens is 472 g/mol. The molecule has 1 aromatic heterocycles. The van der Waals surface area contributed by atoms with E-state index >= 15 is 4.39 Å². The number of hydrogen-bond acceptors (Lipinski definition) is 4. The van der Waals surface area contributed by atoms with Gasteiger partial charge < -0.3 is 10.6 Å². The third kappa shape index (κ3) is 3.87. The second-order valence-corrected chi connectivity index (χ2v) is 10.1. The van der Waals surface area contributed by atoms with Crippen LogP contribution in [0.3, 0.4) is 0 Å². The number of aromatic nitrogens is 2. The average molecular weight is 498 g/mol. The second-order valence-electron chi connectivity index (χ2n) is 10.1. The van der Waals surface area contributed by atoms with Crippen LogP contribution in [0.25, 0.3) is 33.2 Å². The summed E-state index contributed by atoms with van der Waals surface area (Å²) in [6, 6.07) is 14.7. The number of hydrogen-bond donors (Lipinski definition) is 1. The van der Waals surface area contributed by atoms with Crippen LogP contribution in [0.1, 0.15) is 41.6 Å². The Morgan fingerprint density at radius 3 is 2.46 bits per heavy atom. The smallest absolute Gasteiger partial charge is 0.254 e. The summed E-state index contributed by atoms with van der Waals surface area (Å²) in [6.45, 7) is 0. The molecule has 0 saturated carbocycles. The molecule has 0 aliphatic carbocycles. The molecular formula is C29H25F2N5O. The summed E-state index contributed by atoms with van der Waals surface area (Å²) in [6.07, 6.45) is 5.10. The summed E-state index contributed by atoms with van der Waals surface area (Å²) in [4.78, 5) is 15.6. The first kappa shape index (κ1) is 23.3. The Morgan fingerprint density at radius 2 is 1.76 bits per heavy atom. The Balaban J connectivity index is 1.50. The van der Waals surface area contributed by atoms with Crippen molar-refractivity contribution in [1.82, 2.24) is 14.7 Å². The molecule has 1 amide bonds. The van der Waals surface area contributed by atoms with Crippen LogP contribution in [-0.2, 0) is 7.05 Å². The minimum atomic E-state index is -0.672.